The zero-order valence-electron chi connectivity index (χ0n) is 22.0. The van der Waals surface area contributed by atoms with Gasteiger partial charge in [-0.3, -0.25) is 0 Å². The molecule has 6 atom stereocenters. The lowest BCUT2D eigenvalue weighted by molar-refractivity contribution is -0.309. The lowest BCUT2D eigenvalue weighted by atomic mass is 9.41. The second-order valence-corrected chi connectivity index (χ2v) is 17.1. The number of hydrogen-bond donors (Lipinski definition) is 1. The molecule has 0 unspecified atom stereocenters. The van der Waals surface area contributed by atoms with E-state index in [2.05, 4.69) is 33.9 Å². The number of hydrogen-bond acceptors (Lipinski definition) is 6. The van der Waals surface area contributed by atoms with E-state index in [-0.39, 0.29) is 36.7 Å². The fourth-order valence-corrected chi connectivity index (χ4v) is 7.09. The fraction of sp³-hybridized carbons (Fsp3) is 0.731. The summed E-state index contributed by atoms with van der Waals surface area (Å²) in [6.07, 6.45) is -5.59. The number of halogens is 3. The Morgan fingerprint density at radius 1 is 1.17 bits per heavy atom. The standard InChI is InChI=1S/C26H37F3O6Si/c1-21(2,3)36(6,7)34-16-23-15-33-22(4)14-19(18(23)13-24(22,23)31)35-20(30)25(32-5,26(27,28)29)17-11-9-8-10-12-17/h8-12,18-19,31H,13-16H2,1-7H3/t18-,19+,22-,23-,24-,25+/m0/s1. The number of carbonyl (C=O) groups is 1. The second kappa shape index (κ2) is 8.27. The third-order valence-corrected chi connectivity index (χ3v) is 14.0. The average Bonchev–Trinajstić information content (AvgIpc) is 2.84. The first kappa shape index (κ1) is 27.6. The molecule has 3 saturated carbocycles. The minimum atomic E-state index is -5.06. The van der Waals surface area contributed by atoms with Crippen molar-refractivity contribution in [2.45, 2.75) is 87.8 Å². The maximum Gasteiger partial charge on any atom is 0.432 e. The molecule has 0 spiro atoms. The monoisotopic (exact) mass is 530 g/mol. The van der Waals surface area contributed by atoms with Crippen LogP contribution in [-0.2, 0) is 29.0 Å². The zero-order valence-corrected chi connectivity index (χ0v) is 23.0. The summed E-state index contributed by atoms with van der Waals surface area (Å²) in [6, 6.07) is 6.78. The number of esters is 1. The maximum atomic E-state index is 14.4. The van der Waals surface area contributed by atoms with Crippen LogP contribution in [0.3, 0.4) is 0 Å². The third kappa shape index (κ3) is 3.55. The Balaban J connectivity index is 1.65. The van der Waals surface area contributed by atoms with Crippen LogP contribution in [0.4, 0.5) is 13.2 Å². The summed E-state index contributed by atoms with van der Waals surface area (Å²) in [6.45, 7) is 12.7. The Morgan fingerprint density at radius 2 is 1.78 bits per heavy atom. The van der Waals surface area contributed by atoms with E-state index >= 15 is 0 Å². The van der Waals surface area contributed by atoms with E-state index in [0.29, 0.717) is 0 Å². The largest absolute Gasteiger partial charge is 0.459 e. The molecule has 0 aromatic heterocycles. The fourth-order valence-electron chi connectivity index (χ4n) is 6.04. The van der Waals surface area contributed by atoms with Crippen LogP contribution >= 0.6 is 0 Å². The van der Waals surface area contributed by atoms with Crippen molar-refractivity contribution >= 4 is 14.3 Å². The van der Waals surface area contributed by atoms with Crippen LogP contribution in [0.2, 0.25) is 18.1 Å². The third-order valence-electron chi connectivity index (χ3n) is 9.54. The van der Waals surface area contributed by atoms with Gasteiger partial charge in [-0.05, 0) is 31.5 Å². The smallest absolute Gasteiger partial charge is 0.432 e. The molecule has 1 aromatic rings. The first-order chi connectivity index (χ1) is 16.4. The quantitative estimate of drug-likeness (QED) is 0.397. The topological polar surface area (TPSA) is 74.2 Å². The highest BCUT2D eigenvalue weighted by Gasteiger charge is 2.82. The van der Waals surface area contributed by atoms with Gasteiger partial charge in [0, 0.05) is 31.6 Å². The van der Waals surface area contributed by atoms with Crippen molar-refractivity contribution in [1.29, 1.82) is 0 Å². The van der Waals surface area contributed by atoms with E-state index in [9.17, 15) is 23.1 Å². The summed E-state index contributed by atoms with van der Waals surface area (Å²) in [5, 5.41) is 11.6. The van der Waals surface area contributed by atoms with Crippen LogP contribution in [-0.4, -0.2) is 63.2 Å². The van der Waals surface area contributed by atoms with Crippen LogP contribution < -0.4 is 0 Å². The number of alkyl halides is 3. The van der Waals surface area contributed by atoms with Crippen LogP contribution in [0, 0.1) is 11.3 Å². The Labute approximate surface area is 211 Å². The van der Waals surface area contributed by atoms with E-state index < -0.39 is 54.7 Å². The summed E-state index contributed by atoms with van der Waals surface area (Å²) in [5.41, 5.74) is -6.74. The molecule has 3 aliphatic carbocycles. The van der Waals surface area contributed by atoms with Gasteiger partial charge in [0.05, 0.1) is 17.6 Å². The highest BCUT2D eigenvalue weighted by atomic mass is 28.4. The van der Waals surface area contributed by atoms with Gasteiger partial charge in [0.25, 0.3) is 5.60 Å². The van der Waals surface area contributed by atoms with Crippen molar-refractivity contribution < 1.29 is 41.7 Å². The molecule has 10 heteroatoms. The first-order valence-electron chi connectivity index (χ1n) is 12.3. The van der Waals surface area contributed by atoms with E-state index in [1.807, 2.05) is 0 Å². The number of ether oxygens (including phenoxy) is 3. The molecule has 4 aliphatic rings. The number of aliphatic hydroxyl groups is 1. The summed E-state index contributed by atoms with van der Waals surface area (Å²) in [5.74, 6) is -1.92. The molecular weight excluding hydrogens is 493 g/mol. The molecule has 1 heterocycles. The van der Waals surface area contributed by atoms with Gasteiger partial charge in [-0.2, -0.15) is 13.2 Å². The lowest BCUT2D eigenvalue weighted by Gasteiger charge is -2.67. The molecular formula is C26H37F3O6Si. The van der Waals surface area contributed by atoms with Crippen LogP contribution in [0.15, 0.2) is 30.3 Å². The summed E-state index contributed by atoms with van der Waals surface area (Å²) >= 11 is 0. The second-order valence-electron chi connectivity index (χ2n) is 12.3. The van der Waals surface area contributed by atoms with Crippen molar-refractivity contribution in [3.05, 3.63) is 35.9 Å². The number of rotatable bonds is 7. The van der Waals surface area contributed by atoms with Crippen molar-refractivity contribution in [2.75, 3.05) is 20.3 Å². The number of carbonyl (C=O) groups excluding carboxylic acids is 1. The molecule has 0 amide bonds. The van der Waals surface area contributed by atoms with E-state index in [0.717, 1.165) is 7.11 Å². The SMILES string of the molecule is CO[C@@](C(=O)O[C@@H]1C[C@]2(C)OC[C@]3(CO[Si](C)(C)C(C)(C)C)[C@H]1C[C@@]32O)(c1ccccc1)C(F)(F)F. The summed E-state index contributed by atoms with van der Waals surface area (Å²) in [7, 11) is -1.35. The highest BCUT2D eigenvalue weighted by molar-refractivity contribution is 6.74. The molecule has 202 valence electrons. The molecule has 1 N–H and O–H groups in total. The minimum absolute atomic E-state index is 0.0692. The molecule has 1 aliphatic heterocycles. The molecule has 0 radical (unpaired) electrons. The van der Waals surface area contributed by atoms with Crippen molar-refractivity contribution in [3.8, 4) is 0 Å². The van der Waals surface area contributed by atoms with Gasteiger partial charge in [0.2, 0.25) is 0 Å². The normalized spacial score (nSPS) is 35.6. The van der Waals surface area contributed by atoms with Crippen molar-refractivity contribution in [3.63, 3.8) is 0 Å². The van der Waals surface area contributed by atoms with Crippen molar-refractivity contribution in [1.82, 2.24) is 0 Å². The van der Waals surface area contributed by atoms with Crippen LogP contribution in [0.1, 0.15) is 46.1 Å². The number of benzene rings is 1. The zero-order chi connectivity index (χ0) is 27.0. The van der Waals surface area contributed by atoms with Gasteiger partial charge in [-0.1, -0.05) is 51.1 Å². The Morgan fingerprint density at radius 3 is 2.31 bits per heavy atom. The molecule has 4 bridgehead atoms. The number of methoxy groups -OCH3 is 1. The van der Waals surface area contributed by atoms with Crippen molar-refractivity contribution in [2.24, 2.45) is 11.3 Å². The molecule has 1 aromatic carbocycles. The molecule has 4 fully saturated rings. The van der Waals surface area contributed by atoms with Gasteiger partial charge in [-0.15, -0.1) is 0 Å². The van der Waals surface area contributed by atoms with Gasteiger partial charge >= 0.3 is 12.1 Å². The van der Waals surface area contributed by atoms with Crippen LogP contribution in [0.25, 0.3) is 0 Å². The first-order valence-corrected chi connectivity index (χ1v) is 15.2. The summed E-state index contributed by atoms with van der Waals surface area (Å²) < 4.78 is 66.4. The average molecular weight is 531 g/mol. The summed E-state index contributed by atoms with van der Waals surface area (Å²) in [4.78, 5) is 13.4. The van der Waals surface area contributed by atoms with E-state index in [4.69, 9.17) is 18.6 Å². The maximum absolute atomic E-state index is 14.4. The predicted octanol–water partition coefficient (Wildman–Crippen LogP) is 4.95. The minimum Gasteiger partial charge on any atom is -0.459 e. The van der Waals surface area contributed by atoms with E-state index in [1.165, 1.54) is 24.3 Å². The Bertz CT molecular complexity index is 1010. The molecule has 1 saturated heterocycles. The predicted molar refractivity (Wildman–Crippen MR) is 129 cm³/mol. The van der Waals surface area contributed by atoms with Gasteiger partial charge < -0.3 is 23.7 Å². The van der Waals surface area contributed by atoms with Gasteiger partial charge in [-0.25, -0.2) is 4.79 Å². The van der Waals surface area contributed by atoms with Gasteiger partial charge in [0.1, 0.15) is 11.7 Å². The van der Waals surface area contributed by atoms with Gasteiger partial charge in [0.15, 0.2) is 8.32 Å². The highest BCUT2D eigenvalue weighted by Crippen LogP contribution is 2.71. The van der Waals surface area contributed by atoms with E-state index in [1.54, 1.807) is 13.0 Å². The molecule has 36 heavy (non-hydrogen) atoms. The Kier molecular flexibility index (Phi) is 6.33. The molecule has 6 nitrogen and oxygen atoms in total. The Hall–Kier alpha value is -1.46. The molecule has 5 rings (SSSR count). The number of fused-ring (bicyclic) bond motifs is 1. The van der Waals surface area contributed by atoms with Crippen LogP contribution in [0.5, 0.6) is 0 Å². The lowest BCUT2D eigenvalue weighted by Crippen LogP contribution is -2.78.